The third-order valence-electron chi connectivity index (χ3n) is 3.78. The minimum Gasteiger partial charge on any atom is -0.463 e. The normalized spacial score (nSPS) is 12.1. The Kier molecular flexibility index (Phi) is 4.71. The Bertz CT molecular complexity index is 823. The fourth-order valence-corrected chi connectivity index (χ4v) is 2.39. The Morgan fingerprint density at radius 2 is 2.08 bits per heavy atom. The predicted molar refractivity (Wildman–Crippen MR) is 93.5 cm³/mol. The summed E-state index contributed by atoms with van der Waals surface area (Å²) in [6, 6.07) is 12.6. The number of nitrogens with one attached hydrogen (secondary N) is 1. The molecule has 0 aliphatic rings. The Morgan fingerprint density at radius 3 is 2.71 bits per heavy atom. The number of amides is 1. The molecule has 6 heteroatoms. The van der Waals surface area contributed by atoms with Crippen LogP contribution in [0.25, 0.3) is 17.1 Å². The van der Waals surface area contributed by atoms with Gasteiger partial charge < -0.3 is 9.73 Å². The van der Waals surface area contributed by atoms with Crippen molar-refractivity contribution in [3.8, 4) is 17.1 Å². The summed E-state index contributed by atoms with van der Waals surface area (Å²) >= 11 is 5.95. The van der Waals surface area contributed by atoms with Crippen LogP contribution in [0.4, 0.5) is 0 Å². The van der Waals surface area contributed by atoms with E-state index in [9.17, 15) is 4.79 Å². The lowest BCUT2D eigenvalue weighted by molar-refractivity contribution is 0.0931. The number of furan rings is 1. The van der Waals surface area contributed by atoms with Crippen molar-refractivity contribution >= 4 is 17.5 Å². The molecule has 1 unspecified atom stereocenters. The molecule has 3 aromatic rings. The van der Waals surface area contributed by atoms with Gasteiger partial charge in [-0.3, -0.25) is 4.79 Å². The molecular formula is C18H18ClN3O2. The third-order valence-corrected chi connectivity index (χ3v) is 4.03. The first kappa shape index (κ1) is 16.3. The Labute approximate surface area is 145 Å². The van der Waals surface area contributed by atoms with E-state index in [1.165, 1.54) is 0 Å². The number of benzene rings is 1. The van der Waals surface area contributed by atoms with Crippen molar-refractivity contribution in [2.75, 3.05) is 0 Å². The summed E-state index contributed by atoms with van der Waals surface area (Å²) in [5.74, 6) is 0.435. The average molecular weight is 344 g/mol. The lowest BCUT2D eigenvalue weighted by Crippen LogP contribution is -2.33. The number of nitrogens with zero attached hydrogens (tertiary/aromatic N) is 2. The molecule has 0 aliphatic heterocycles. The fraction of sp³-hybridized carbons (Fsp3) is 0.222. The smallest absolute Gasteiger partial charge is 0.270 e. The summed E-state index contributed by atoms with van der Waals surface area (Å²) in [6.45, 7) is 3.99. The molecular weight excluding hydrogens is 326 g/mol. The number of carbonyl (C=O) groups excluding carboxylic acids is 1. The summed E-state index contributed by atoms with van der Waals surface area (Å²) in [6.07, 6.45) is 2.43. The van der Waals surface area contributed by atoms with E-state index in [0.717, 1.165) is 12.1 Å². The van der Waals surface area contributed by atoms with E-state index < -0.39 is 0 Å². The minimum atomic E-state index is -0.176. The fourth-order valence-electron chi connectivity index (χ4n) is 2.27. The Hall–Kier alpha value is -2.53. The highest BCUT2D eigenvalue weighted by Crippen LogP contribution is 2.23. The topological polar surface area (TPSA) is 60.1 Å². The lowest BCUT2D eigenvalue weighted by Gasteiger charge is -2.12. The molecule has 1 aromatic carbocycles. The summed E-state index contributed by atoms with van der Waals surface area (Å²) in [5, 5.41) is 8.12. The van der Waals surface area contributed by atoms with Crippen molar-refractivity contribution in [2.24, 2.45) is 0 Å². The molecule has 3 rings (SSSR count). The van der Waals surface area contributed by atoms with Gasteiger partial charge >= 0.3 is 0 Å². The molecule has 0 saturated carbocycles. The van der Waals surface area contributed by atoms with Gasteiger partial charge in [0.1, 0.15) is 11.4 Å². The molecule has 2 aromatic heterocycles. The van der Waals surface area contributed by atoms with Gasteiger partial charge in [0.2, 0.25) is 0 Å². The van der Waals surface area contributed by atoms with Gasteiger partial charge in [-0.25, -0.2) is 4.68 Å². The monoisotopic (exact) mass is 343 g/mol. The zero-order valence-corrected chi connectivity index (χ0v) is 14.2. The molecule has 124 valence electrons. The maximum Gasteiger partial charge on any atom is 0.270 e. The van der Waals surface area contributed by atoms with E-state index in [4.69, 9.17) is 16.0 Å². The molecule has 0 radical (unpaired) electrons. The maximum atomic E-state index is 12.6. The Morgan fingerprint density at radius 1 is 1.33 bits per heavy atom. The summed E-state index contributed by atoms with van der Waals surface area (Å²) in [5.41, 5.74) is 1.81. The van der Waals surface area contributed by atoms with Gasteiger partial charge in [0.15, 0.2) is 5.76 Å². The van der Waals surface area contributed by atoms with E-state index >= 15 is 0 Å². The lowest BCUT2D eigenvalue weighted by atomic mass is 10.2. The van der Waals surface area contributed by atoms with Crippen LogP contribution in [-0.4, -0.2) is 21.7 Å². The van der Waals surface area contributed by atoms with E-state index in [1.807, 2.05) is 32.0 Å². The van der Waals surface area contributed by atoms with Crippen LogP contribution in [-0.2, 0) is 0 Å². The minimum absolute atomic E-state index is 0.0816. The van der Waals surface area contributed by atoms with Crippen molar-refractivity contribution in [3.63, 3.8) is 0 Å². The van der Waals surface area contributed by atoms with Crippen molar-refractivity contribution in [1.29, 1.82) is 0 Å². The molecule has 0 bridgehead atoms. The second-order valence-electron chi connectivity index (χ2n) is 5.56. The predicted octanol–water partition coefficient (Wildman–Crippen LogP) is 4.31. The number of rotatable bonds is 5. The highest BCUT2D eigenvalue weighted by Gasteiger charge is 2.19. The number of carbonyl (C=O) groups is 1. The zero-order valence-electron chi connectivity index (χ0n) is 13.5. The first-order valence-electron chi connectivity index (χ1n) is 7.79. The van der Waals surface area contributed by atoms with Crippen LogP contribution in [0.15, 0.2) is 53.1 Å². The van der Waals surface area contributed by atoms with Gasteiger partial charge in [-0.1, -0.05) is 18.5 Å². The Balaban J connectivity index is 2.04. The SMILES string of the molecule is CCC(C)NC(=O)c1cc(-c2ccco2)nn1-c1ccc(Cl)cc1. The summed E-state index contributed by atoms with van der Waals surface area (Å²) < 4.78 is 7.00. The number of hydrogen-bond donors (Lipinski definition) is 1. The average Bonchev–Trinajstić information content (AvgIpc) is 3.24. The van der Waals surface area contributed by atoms with Crippen molar-refractivity contribution in [3.05, 3.63) is 59.4 Å². The van der Waals surface area contributed by atoms with Gasteiger partial charge in [-0.2, -0.15) is 5.10 Å². The second-order valence-corrected chi connectivity index (χ2v) is 6.00. The number of aromatic nitrogens is 2. The highest BCUT2D eigenvalue weighted by atomic mass is 35.5. The number of hydrogen-bond acceptors (Lipinski definition) is 3. The van der Waals surface area contributed by atoms with Gasteiger partial charge in [0.25, 0.3) is 5.91 Å². The third kappa shape index (κ3) is 3.36. The quantitative estimate of drug-likeness (QED) is 0.750. The molecule has 0 spiro atoms. The van der Waals surface area contributed by atoms with Crippen molar-refractivity contribution < 1.29 is 9.21 Å². The van der Waals surface area contributed by atoms with Crippen LogP contribution in [0, 0.1) is 0 Å². The van der Waals surface area contributed by atoms with Gasteiger partial charge in [0.05, 0.1) is 12.0 Å². The van der Waals surface area contributed by atoms with Gasteiger partial charge in [-0.15, -0.1) is 0 Å². The van der Waals surface area contributed by atoms with E-state index in [0.29, 0.717) is 22.2 Å². The van der Waals surface area contributed by atoms with Crippen LogP contribution < -0.4 is 5.32 Å². The summed E-state index contributed by atoms with van der Waals surface area (Å²) in [7, 11) is 0. The van der Waals surface area contributed by atoms with Crippen LogP contribution >= 0.6 is 11.6 Å². The van der Waals surface area contributed by atoms with Crippen LogP contribution in [0.3, 0.4) is 0 Å². The molecule has 0 saturated heterocycles. The molecule has 2 heterocycles. The first-order valence-corrected chi connectivity index (χ1v) is 8.17. The van der Waals surface area contributed by atoms with Crippen LogP contribution in [0.5, 0.6) is 0 Å². The highest BCUT2D eigenvalue weighted by molar-refractivity contribution is 6.30. The first-order chi connectivity index (χ1) is 11.6. The standard InChI is InChI=1S/C18H18ClN3O2/c1-3-12(2)20-18(23)16-11-15(17-5-4-10-24-17)21-22(16)14-8-6-13(19)7-9-14/h4-12H,3H2,1-2H3,(H,20,23). The van der Waals surface area contributed by atoms with E-state index in [-0.39, 0.29) is 11.9 Å². The molecule has 24 heavy (non-hydrogen) atoms. The second kappa shape index (κ2) is 6.93. The van der Waals surface area contributed by atoms with Crippen LogP contribution in [0.1, 0.15) is 30.8 Å². The van der Waals surface area contributed by atoms with Gasteiger partial charge in [0, 0.05) is 17.1 Å². The number of halogens is 1. The molecule has 1 amide bonds. The molecule has 0 fully saturated rings. The van der Waals surface area contributed by atoms with Gasteiger partial charge in [-0.05, 0) is 49.7 Å². The van der Waals surface area contributed by atoms with E-state index in [2.05, 4.69) is 10.4 Å². The summed E-state index contributed by atoms with van der Waals surface area (Å²) in [4.78, 5) is 12.6. The molecule has 5 nitrogen and oxygen atoms in total. The van der Waals surface area contributed by atoms with Crippen molar-refractivity contribution in [2.45, 2.75) is 26.3 Å². The zero-order chi connectivity index (χ0) is 17.1. The molecule has 1 atom stereocenters. The maximum absolute atomic E-state index is 12.6. The van der Waals surface area contributed by atoms with E-state index in [1.54, 1.807) is 35.2 Å². The largest absolute Gasteiger partial charge is 0.463 e. The van der Waals surface area contributed by atoms with Crippen molar-refractivity contribution in [1.82, 2.24) is 15.1 Å². The van der Waals surface area contributed by atoms with Crippen LogP contribution in [0.2, 0.25) is 5.02 Å². The molecule has 1 N–H and O–H groups in total. The molecule has 0 aliphatic carbocycles.